The number of anilines is 1. The van der Waals surface area contributed by atoms with Crippen molar-refractivity contribution in [3.63, 3.8) is 0 Å². The number of carbonyl (C=O) groups is 1. The van der Waals surface area contributed by atoms with Gasteiger partial charge in [-0.3, -0.25) is 4.79 Å². The number of para-hydroxylation sites is 2. The van der Waals surface area contributed by atoms with Crippen LogP contribution in [-0.2, 0) is 14.8 Å². The maximum Gasteiger partial charge on any atom is 0.245 e. The lowest BCUT2D eigenvalue weighted by molar-refractivity contribution is -0.120. The Hall–Kier alpha value is -2.56. The van der Waals surface area contributed by atoms with Crippen LogP contribution in [-0.4, -0.2) is 47.1 Å². The van der Waals surface area contributed by atoms with Crippen molar-refractivity contribution in [3.05, 3.63) is 42.5 Å². The molecule has 30 heavy (non-hydrogen) atoms. The summed E-state index contributed by atoms with van der Waals surface area (Å²) in [4.78, 5) is 13.0. The first-order chi connectivity index (χ1) is 14.5. The van der Waals surface area contributed by atoms with Crippen molar-refractivity contribution < 1.29 is 17.9 Å². The van der Waals surface area contributed by atoms with Gasteiger partial charge in [0.05, 0.1) is 29.9 Å². The fraction of sp³-hybridized carbons (Fsp3) is 0.350. The third kappa shape index (κ3) is 4.03. The zero-order valence-electron chi connectivity index (χ0n) is 16.4. The van der Waals surface area contributed by atoms with Crippen LogP contribution in [0.5, 0.6) is 5.75 Å². The Bertz CT molecular complexity index is 1160. The largest absolute Gasteiger partial charge is 0.492 e. The smallest absolute Gasteiger partial charge is 0.245 e. The number of piperidine rings is 1. The number of nitrogens with zero attached hydrogens (tertiary/aromatic N) is 3. The highest BCUT2D eigenvalue weighted by Gasteiger charge is 2.34. The molecule has 1 saturated heterocycles. The van der Waals surface area contributed by atoms with E-state index in [2.05, 4.69) is 14.1 Å². The van der Waals surface area contributed by atoms with Crippen molar-refractivity contribution in [1.82, 2.24) is 13.1 Å². The van der Waals surface area contributed by atoms with Crippen molar-refractivity contribution in [3.8, 4) is 5.75 Å². The van der Waals surface area contributed by atoms with Gasteiger partial charge in [-0.05, 0) is 44.0 Å². The van der Waals surface area contributed by atoms with Gasteiger partial charge in [-0.2, -0.15) is 13.1 Å². The van der Waals surface area contributed by atoms with Crippen LogP contribution in [0, 0.1) is 5.92 Å². The van der Waals surface area contributed by atoms with E-state index in [-0.39, 0.29) is 17.3 Å². The predicted octanol–water partition coefficient (Wildman–Crippen LogP) is 3.13. The van der Waals surface area contributed by atoms with E-state index in [0.717, 1.165) is 11.7 Å². The molecule has 3 aromatic rings. The Balaban J connectivity index is 1.53. The first kappa shape index (κ1) is 20.7. The van der Waals surface area contributed by atoms with Crippen LogP contribution < -0.4 is 10.1 Å². The van der Waals surface area contributed by atoms with Crippen LogP contribution in [0.2, 0.25) is 0 Å². The average Bonchev–Trinajstić information content (AvgIpc) is 3.24. The van der Waals surface area contributed by atoms with Crippen LogP contribution in [0.3, 0.4) is 0 Å². The zero-order valence-corrected chi connectivity index (χ0v) is 18.1. The minimum absolute atomic E-state index is 0.124. The highest BCUT2D eigenvalue weighted by Crippen LogP contribution is 2.30. The number of amides is 1. The molecular weight excluding hydrogens is 424 g/mol. The van der Waals surface area contributed by atoms with Crippen molar-refractivity contribution >= 4 is 44.4 Å². The third-order valence-corrected chi connectivity index (χ3v) is 7.51. The summed E-state index contributed by atoms with van der Waals surface area (Å²) in [5.41, 5.74) is 1.52. The van der Waals surface area contributed by atoms with Crippen molar-refractivity contribution in [2.24, 2.45) is 5.92 Å². The summed E-state index contributed by atoms with van der Waals surface area (Å²) in [6.07, 6.45) is 1.23. The van der Waals surface area contributed by atoms with E-state index in [1.165, 1.54) is 4.31 Å². The van der Waals surface area contributed by atoms with Gasteiger partial charge in [0.25, 0.3) is 0 Å². The SMILES string of the molecule is CCOc1ccccc1NC(=O)[C@@H]1CCCN(S(=O)(=O)c2cccc3nsnc23)C1. The topological polar surface area (TPSA) is 101 Å². The van der Waals surface area contributed by atoms with E-state index in [1.807, 2.05) is 19.1 Å². The molecule has 4 rings (SSSR count). The number of carbonyl (C=O) groups excluding carboxylic acids is 1. The summed E-state index contributed by atoms with van der Waals surface area (Å²) in [7, 11) is -3.78. The summed E-state index contributed by atoms with van der Waals surface area (Å²) in [5, 5.41) is 2.90. The maximum atomic E-state index is 13.3. The number of fused-ring (bicyclic) bond motifs is 1. The number of rotatable bonds is 6. The standard InChI is InChI=1S/C20H22N4O4S2/c1-2-28-17-10-4-3-8-15(17)21-20(25)14-7-6-12-24(13-14)30(26,27)18-11-5-9-16-19(18)23-29-22-16/h3-5,8-11,14H,2,6-7,12-13H2,1H3,(H,21,25)/t14-/m1/s1. The quantitative estimate of drug-likeness (QED) is 0.624. The molecule has 8 nitrogen and oxygen atoms in total. The van der Waals surface area contributed by atoms with Crippen molar-refractivity contribution in [2.45, 2.75) is 24.7 Å². The third-order valence-electron chi connectivity index (χ3n) is 5.07. The molecule has 1 aliphatic rings. The van der Waals surface area contributed by atoms with Gasteiger partial charge in [0.1, 0.15) is 21.7 Å². The van der Waals surface area contributed by atoms with Crippen LogP contribution in [0.1, 0.15) is 19.8 Å². The number of hydrogen-bond donors (Lipinski definition) is 1. The average molecular weight is 447 g/mol. The zero-order chi connectivity index (χ0) is 21.1. The predicted molar refractivity (Wildman–Crippen MR) is 115 cm³/mol. The van der Waals surface area contributed by atoms with E-state index >= 15 is 0 Å². The van der Waals surface area contributed by atoms with Crippen LogP contribution in [0.15, 0.2) is 47.4 Å². The lowest BCUT2D eigenvalue weighted by atomic mass is 9.98. The van der Waals surface area contributed by atoms with Gasteiger partial charge in [0.15, 0.2) is 0 Å². The molecule has 0 unspecified atom stereocenters. The minimum atomic E-state index is -3.78. The second kappa shape index (κ2) is 8.66. The Morgan fingerprint density at radius 1 is 1.23 bits per heavy atom. The van der Waals surface area contributed by atoms with Gasteiger partial charge in [-0.25, -0.2) is 8.42 Å². The van der Waals surface area contributed by atoms with E-state index < -0.39 is 15.9 Å². The van der Waals surface area contributed by atoms with Crippen LogP contribution >= 0.6 is 11.7 Å². The lowest BCUT2D eigenvalue weighted by Gasteiger charge is -2.31. The molecule has 1 aliphatic heterocycles. The second-order valence-electron chi connectivity index (χ2n) is 7.01. The molecule has 2 aromatic carbocycles. The fourth-order valence-electron chi connectivity index (χ4n) is 3.59. The first-order valence-corrected chi connectivity index (χ1v) is 11.9. The van der Waals surface area contributed by atoms with Gasteiger partial charge < -0.3 is 10.1 Å². The van der Waals surface area contributed by atoms with Gasteiger partial charge in [-0.1, -0.05) is 18.2 Å². The molecular formula is C20H22N4O4S2. The molecule has 1 amide bonds. The summed E-state index contributed by atoms with van der Waals surface area (Å²) in [5.74, 6) is -0.0668. The first-order valence-electron chi connectivity index (χ1n) is 9.75. The molecule has 158 valence electrons. The van der Waals surface area contributed by atoms with E-state index in [1.54, 1.807) is 30.3 Å². The summed E-state index contributed by atoms with van der Waals surface area (Å²) < 4.78 is 41.8. The summed E-state index contributed by atoms with van der Waals surface area (Å²) >= 11 is 0.983. The number of nitrogens with one attached hydrogen (secondary N) is 1. The molecule has 1 aromatic heterocycles. The molecule has 1 fully saturated rings. The van der Waals surface area contributed by atoms with Gasteiger partial charge >= 0.3 is 0 Å². The van der Waals surface area contributed by atoms with E-state index in [4.69, 9.17) is 4.74 Å². The number of ether oxygens (including phenoxy) is 1. The van der Waals surface area contributed by atoms with E-state index in [9.17, 15) is 13.2 Å². The van der Waals surface area contributed by atoms with Gasteiger partial charge in [-0.15, -0.1) is 0 Å². The number of aromatic nitrogens is 2. The van der Waals surface area contributed by atoms with Gasteiger partial charge in [0.2, 0.25) is 15.9 Å². The molecule has 0 radical (unpaired) electrons. The molecule has 0 aliphatic carbocycles. The molecule has 0 saturated carbocycles. The summed E-state index contributed by atoms with van der Waals surface area (Å²) in [6.45, 7) is 2.86. The van der Waals surface area contributed by atoms with Crippen molar-refractivity contribution in [2.75, 3.05) is 25.0 Å². The van der Waals surface area contributed by atoms with Crippen molar-refractivity contribution in [1.29, 1.82) is 0 Å². The molecule has 0 bridgehead atoms. The minimum Gasteiger partial charge on any atom is -0.492 e. The fourth-order valence-corrected chi connectivity index (χ4v) is 5.87. The number of sulfonamides is 1. The molecule has 2 heterocycles. The highest BCUT2D eigenvalue weighted by atomic mass is 32.2. The maximum absolute atomic E-state index is 13.3. The monoisotopic (exact) mass is 446 g/mol. The normalized spacial score (nSPS) is 17.7. The molecule has 1 atom stereocenters. The van der Waals surface area contributed by atoms with Crippen LogP contribution in [0.4, 0.5) is 5.69 Å². The van der Waals surface area contributed by atoms with Crippen LogP contribution in [0.25, 0.3) is 11.0 Å². The number of benzene rings is 2. The Morgan fingerprint density at radius 2 is 2.07 bits per heavy atom. The number of hydrogen-bond acceptors (Lipinski definition) is 7. The highest BCUT2D eigenvalue weighted by molar-refractivity contribution is 7.89. The molecule has 10 heteroatoms. The van der Waals surface area contributed by atoms with E-state index in [0.29, 0.717) is 48.5 Å². The summed E-state index contributed by atoms with van der Waals surface area (Å²) in [6, 6.07) is 12.2. The second-order valence-corrected chi connectivity index (χ2v) is 9.44. The molecule has 0 spiro atoms. The lowest BCUT2D eigenvalue weighted by Crippen LogP contribution is -2.43. The van der Waals surface area contributed by atoms with Gasteiger partial charge in [0, 0.05) is 13.1 Å². The Morgan fingerprint density at radius 3 is 2.90 bits per heavy atom. The molecule has 1 N–H and O–H groups in total. The Kier molecular flexibility index (Phi) is 5.98. The Labute approximate surface area is 179 Å².